The van der Waals surface area contributed by atoms with E-state index in [1.165, 1.54) is 32.4 Å². The maximum Gasteiger partial charge on any atom is 0.0700 e. The van der Waals surface area contributed by atoms with E-state index in [0.717, 1.165) is 12.6 Å². The Morgan fingerprint density at radius 1 is 1.55 bits per heavy atom. The molecule has 11 heavy (non-hydrogen) atoms. The number of ether oxygens (including phenoxy) is 1. The summed E-state index contributed by atoms with van der Waals surface area (Å²) >= 11 is 0. The summed E-state index contributed by atoms with van der Waals surface area (Å²) in [6.07, 6.45) is 4.42. The molecule has 2 rings (SSSR count). The van der Waals surface area contributed by atoms with Crippen LogP contribution in [0.3, 0.4) is 0 Å². The second-order valence-corrected chi connectivity index (χ2v) is 3.65. The summed E-state index contributed by atoms with van der Waals surface area (Å²) in [5.41, 5.74) is 0. The molecule has 0 spiro atoms. The summed E-state index contributed by atoms with van der Waals surface area (Å²) in [6.45, 7) is 5.69. The largest absolute Gasteiger partial charge is 0.375 e. The highest BCUT2D eigenvalue weighted by atomic mass is 16.5. The van der Waals surface area contributed by atoms with Gasteiger partial charge in [-0.15, -0.1) is 0 Å². The van der Waals surface area contributed by atoms with E-state index in [-0.39, 0.29) is 0 Å². The zero-order chi connectivity index (χ0) is 7.68. The van der Waals surface area contributed by atoms with Crippen molar-refractivity contribution in [2.24, 2.45) is 0 Å². The van der Waals surface area contributed by atoms with Crippen molar-refractivity contribution in [1.29, 1.82) is 0 Å². The first-order valence-corrected chi connectivity index (χ1v) is 4.76. The first kappa shape index (κ1) is 7.56. The number of morpholine rings is 1. The van der Waals surface area contributed by atoms with E-state index in [1.807, 2.05) is 0 Å². The van der Waals surface area contributed by atoms with Crippen LogP contribution in [0.1, 0.15) is 26.2 Å². The van der Waals surface area contributed by atoms with Gasteiger partial charge in [-0.2, -0.15) is 0 Å². The van der Waals surface area contributed by atoms with Gasteiger partial charge in [-0.3, -0.25) is 4.90 Å². The molecule has 0 bridgehead atoms. The van der Waals surface area contributed by atoms with Gasteiger partial charge in [0.1, 0.15) is 0 Å². The Bertz CT molecular complexity index is 138. The maximum atomic E-state index is 5.70. The van der Waals surface area contributed by atoms with E-state index in [4.69, 9.17) is 4.74 Å². The molecule has 0 aromatic carbocycles. The molecule has 0 unspecified atom stereocenters. The minimum atomic E-state index is 0.518. The molecule has 0 aromatic heterocycles. The van der Waals surface area contributed by atoms with Crippen molar-refractivity contribution in [2.75, 3.05) is 19.7 Å². The highest BCUT2D eigenvalue weighted by Crippen LogP contribution is 2.23. The van der Waals surface area contributed by atoms with Crippen molar-refractivity contribution in [3.8, 4) is 0 Å². The number of rotatable bonds is 1. The summed E-state index contributed by atoms with van der Waals surface area (Å²) in [5.74, 6) is 0. The van der Waals surface area contributed by atoms with Crippen molar-refractivity contribution in [1.82, 2.24) is 4.90 Å². The zero-order valence-corrected chi connectivity index (χ0v) is 7.25. The van der Waals surface area contributed by atoms with Crippen LogP contribution in [0.25, 0.3) is 0 Å². The van der Waals surface area contributed by atoms with Crippen molar-refractivity contribution >= 4 is 0 Å². The van der Waals surface area contributed by atoms with Gasteiger partial charge in [0, 0.05) is 12.6 Å². The molecular weight excluding hydrogens is 138 g/mol. The first-order chi connectivity index (χ1) is 5.40. The maximum absolute atomic E-state index is 5.70. The van der Waals surface area contributed by atoms with Crippen LogP contribution in [0, 0.1) is 0 Å². The molecular formula is C9H17NO. The zero-order valence-electron chi connectivity index (χ0n) is 7.25. The topological polar surface area (TPSA) is 12.5 Å². The van der Waals surface area contributed by atoms with Crippen molar-refractivity contribution in [2.45, 2.75) is 38.3 Å². The minimum absolute atomic E-state index is 0.518. The van der Waals surface area contributed by atoms with Crippen LogP contribution in [0.5, 0.6) is 0 Å². The van der Waals surface area contributed by atoms with E-state index in [1.54, 1.807) is 0 Å². The van der Waals surface area contributed by atoms with Gasteiger partial charge in [0.2, 0.25) is 0 Å². The number of hydrogen-bond acceptors (Lipinski definition) is 2. The molecule has 0 aromatic rings. The number of fused-ring (bicyclic) bond motifs is 1. The van der Waals surface area contributed by atoms with Crippen LogP contribution in [0.4, 0.5) is 0 Å². The molecule has 0 amide bonds. The van der Waals surface area contributed by atoms with Gasteiger partial charge in [0.25, 0.3) is 0 Å². The van der Waals surface area contributed by atoms with E-state index >= 15 is 0 Å². The lowest BCUT2D eigenvalue weighted by Gasteiger charge is -2.34. The molecule has 64 valence electrons. The fourth-order valence-corrected chi connectivity index (χ4v) is 2.13. The second-order valence-electron chi connectivity index (χ2n) is 3.65. The third-order valence-corrected chi connectivity index (χ3v) is 2.92. The van der Waals surface area contributed by atoms with E-state index in [2.05, 4.69) is 11.8 Å². The molecule has 2 nitrogen and oxygen atoms in total. The van der Waals surface area contributed by atoms with E-state index in [0.29, 0.717) is 6.10 Å². The molecule has 2 fully saturated rings. The van der Waals surface area contributed by atoms with Gasteiger partial charge >= 0.3 is 0 Å². The Balaban J connectivity index is 1.91. The highest BCUT2D eigenvalue weighted by Gasteiger charge is 2.31. The standard InChI is InChI=1S/C9H17NO/c1-2-9-6-10-5-3-4-8(10)7-11-9/h8-9H,2-7H2,1H3/t8-,9+/m1/s1. The Hall–Kier alpha value is -0.0800. The summed E-state index contributed by atoms with van der Waals surface area (Å²) in [5, 5.41) is 0. The van der Waals surface area contributed by atoms with Gasteiger partial charge in [-0.05, 0) is 25.8 Å². The molecule has 2 aliphatic heterocycles. The van der Waals surface area contributed by atoms with Gasteiger partial charge in [0.05, 0.1) is 12.7 Å². The van der Waals surface area contributed by atoms with Crippen molar-refractivity contribution < 1.29 is 4.74 Å². The lowest BCUT2D eigenvalue weighted by molar-refractivity contribution is -0.0494. The lowest BCUT2D eigenvalue weighted by atomic mass is 10.1. The van der Waals surface area contributed by atoms with Gasteiger partial charge in [-0.1, -0.05) is 6.92 Å². The predicted octanol–water partition coefficient (Wildman–Crippen LogP) is 1.26. The quantitative estimate of drug-likeness (QED) is 0.565. The molecule has 2 saturated heterocycles. The van der Waals surface area contributed by atoms with Crippen molar-refractivity contribution in [3.63, 3.8) is 0 Å². The minimum Gasteiger partial charge on any atom is -0.375 e. The monoisotopic (exact) mass is 155 g/mol. The van der Waals surface area contributed by atoms with Crippen LogP contribution in [-0.4, -0.2) is 36.7 Å². The fraction of sp³-hybridized carbons (Fsp3) is 1.00. The summed E-state index contributed by atoms with van der Waals surface area (Å²) < 4.78 is 5.70. The smallest absolute Gasteiger partial charge is 0.0700 e. The average Bonchev–Trinajstić information content (AvgIpc) is 2.50. The van der Waals surface area contributed by atoms with Gasteiger partial charge < -0.3 is 4.74 Å². The highest BCUT2D eigenvalue weighted by molar-refractivity contribution is 4.84. The molecule has 0 N–H and O–H groups in total. The molecule has 2 heterocycles. The molecule has 2 atom stereocenters. The summed E-state index contributed by atoms with van der Waals surface area (Å²) in [7, 11) is 0. The SMILES string of the molecule is CC[C@H]1CN2CCC[C@@H]2CO1. The summed E-state index contributed by atoms with van der Waals surface area (Å²) in [6, 6.07) is 0.762. The molecule has 2 aliphatic rings. The molecule has 0 radical (unpaired) electrons. The van der Waals surface area contributed by atoms with E-state index in [9.17, 15) is 0 Å². The van der Waals surface area contributed by atoms with Gasteiger partial charge in [0.15, 0.2) is 0 Å². The van der Waals surface area contributed by atoms with Crippen molar-refractivity contribution in [3.05, 3.63) is 0 Å². The first-order valence-electron chi connectivity index (χ1n) is 4.76. The second kappa shape index (κ2) is 3.11. The van der Waals surface area contributed by atoms with Crippen LogP contribution < -0.4 is 0 Å². The number of hydrogen-bond donors (Lipinski definition) is 0. The predicted molar refractivity (Wildman–Crippen MR) is 44.6 cm³/mol. The summed E-state index contributed by atoms with van der Waals surface area (Å²) in [4.78, 5) is 2.59. The molecule has 2 heteroatoms. The Labute approximate surface area is 68.5 Å². The van der Waals surface area contributed by atoms with Crippen LogP contribution in [0.15, 0.2) is 0 Å². The number of nitrogens with zero attached hydrogens (tertiary/aromatic N) is 1. The normalized spacial score (nSPS) is 39.0. The Morgan fingerprint density at radius 2 is 2.45 bits per heavy atom. The average molecular weight is 155 g/mol. The van der Waals surface area contributed by atoms with Crippen LogP contribution >= 0.6 is 0 Å². The van der Waals surface area contributed by atoms with Crippen LogP contribution in [-0.2, 0) is 4.74 Å². The Kier molecular flexibility index (Phi) is 2.14. The Morgan fingerprint density at radius 3 is 3.27 bits per heavy atom. The lowest BCUT2D eigenvalue weighted by Crippen LogP contribution is -2.45. The third-order valence-electron chi connectivity index (χ3n) is 2.92. The van der Waals surface area contributed by atoms with E-state index < -0.39 is 0 Å². The van der Waals surface area contributed by atoms with Crippen LogP contribution in [0.2, 0.25) is 0 Å². The molecule has 0 aliphatic carbocycles. The third kappa shape index (κ3) is 1.42. The fourth-order valence-electron chi connectivity index (χ4n) is 2.13. The van der Waals surface area contributed by atoms with Gasteiger partial charge in [-0.25, -0.2) is 0 Å². The molecule has 0 saturated carbocycles.